The quantitative estimate of drug-likeness (QED) is 0.776. The van der Waals surface area contributed by atoms with Crippen LogP contribution in [0.5, 0.6) is 11.5 Å². The predicted molar refractivity (Wildman–Crippen MR) is 91.1 cm³/mol. The monoisotopic (exact) mass is 308 g/mol. The number of carbonyl (C=O) groups excluding carboxylic acids is 1. The Bertz CT molecular complexity index is 770. The van der Waals surface area contributed by atoms with E-state index in [1.807, 2.05) is 32.0 Å². The molecule has 0 aromatic heterocycles. The lowest BCUT2D eigenvalue weighted by Gasteiger charge is -2.06. The maximum atomic E-state index is 12.6. The zero-order valence-electron chi connectivity index (χ0n) is 13.7. The molecular formula is C20H20O3. The highest BCUT2D eigenvalue weighted by Crippen LogP contribution is 2.37. The number of aryl methyl sites for hydroxylation is 2. The second-order valence-corrected chi connectivity index (χ2v) is 5.58. The molecule has 23 heavy (non-hydrogen) atoms. The van der Waals surface area contributed by atoms with Gasteiger partial charge in [-0.05, 0) is 49.1 Å². The summed E-state index contributed by atoms with van der Waals surface area (Å²) in [7, 11) is 0. The summed E-state index contributed by atoms with van der Waals surface area (Å²) < 4.78 is 11.3. The molecule has 2 aromatic carbocycles. The van der Waals surface area contributed by atoms with Crippen LogP contribution in [0.2, 0.25) is 0 Å². The van der Waals surface area contributed by atoms with E-state index in [0.29, 0.717) is 23.7 Å². The second-order valence-electron chi connectivity index (χ2n) is 5.58. The molecule has 1 aliphatic rings. The minimum Gasteiger partial charge on any atom is -0.494 e. The summed E-state index contributed by atoms with van der Waals surface area (Å²) in [6, 6.07) is 11.8. The van der Waals surface area contributed by atoms with Crippen LogP contribution in [0.25, 0.3) is 6.08 Å². The van der Waals surface area contributed by atoms with Gasteiger partial charge in [-0.2, -0.15) is 0 Å². The van der Waals surface area contributed by atoms with E-state index in [9.17, 15) is 4.79 Å². The molecule has 0 unspecified atom stereocenters. The molecule has 0 N–H and O–H groups in total. The first-order chi connectivity index (χ1) is 11.1. The number of allylic oxidation sites excluding steroid dienone is 1. The Morgan fingerprint density at radius 3 is 2.52 bits per heavy atom. The van der Waals surface area contributed by atoms with Crippen LogP contribution >= 0.6 is 0 Å². The Morgan fingerprint density at radius 1 is 1.13 bits per heavy atom. The fraction of sp³-hybridized carbons (Fsp3) is 0.250. The van der Waals surface area contributed by atoms with Gasteiger partial charge in [0, 0.05) is 6.07 Å². The van der Waals surface area contributed by atoms with Crippen molar-refractivity contribution >= 4 is 11.9 Å². The van der Waals surface area contributed by atoms with E-state index < -0.39 is 0 Å². The van der Waals surface area contributed by atoms with Crippen LogP contribution in [0.3, 0.4) is 0 Å². The molecule has 3 nitrogen and oxygen atoms in total. The standard InChI is InChI=1S/C20H20O3/c1-4-14-6-8-15(9-7-14)11-18-20(21)19-13(3)10-16(22-5-2)12-17(19)23-18/h6-12H,4-5H2,1-3H3/b18-11-. The van der Waals surface area contributed by atoms with Crippen molar-refractivity contribution in [1.29, 1.82) is 0 Å². The zero-order valence-corrected chi connectivity index (χ0v) is 13.7. The lowest BCUT2D eigenvalue weighted by molar-refractivity contribution is 0.101. The molecule has 0 radical (unpaired) electrons. The van der Waals surface area contributed by atoms with E-state index in [1.165, 1.54) is 5.56 Å². The van der Waals surface area contributed by atoms with Gasteiger partial charge in [0.1, 0.15) is 11.5 Å². The summed E-state index contributed by atoms with van der Waals surface area (Å²) in [5, 5.41) is 0. The number of ether oxygens (including phenoxy) is 2. The lowest BCUT2D eigenvalue weighted by Crippen LogP contribution is -2.00. The fourth-order valence-electron chi connectivity index (χ4n) is 2.73. The molecule has 0 saturated heterocycles. The Balaban J connectivity index is 1.93. The third-order valence-electron chi connectivity index (χ3n) is 3.94. The molecule has 0 bridgehead atoms. The minimum absolute atomic E-state index is 0.0693. The number of hydrogen-bond acceptors (Lipinski definition) is 3. The summed E-state index contributed by atoms with van der Waals surface area (Å²) in [6.07, 6.45) is 2.79. The van der Waals surface area contributed by atoms with Gasteiger partial charge in [-0.25, -0.2) is 0 Å². The maximum Gasteiger partial charge on any atom is 0.232 e. The van der Waals surface area contributed by atoms with E-state index in [-0.39, 0.29) is 5.78 Å². The van der Waals surface area contributed by atoms with E-state index in [1.54, 1.807) is 12.1 Å². The van der Waals surface area contributed by atoms with Gasteiger partial charge in [0.05, 0.1) is 12.2 Å². The molecule has 0 aliphatic carbocycles. The number of Topliss-reactive ketones (excluding diaryl/α,β-unsaturated/α-hetero) is 1. The van der Waals surface area contributed by atoms with Gasteiger partial charge in [-0.3, -0.25) is 4.79 Å². The van der Waals surface area contributed by atoms with E-state index in [4.69, 9.17) is 9.47 Å². The van der Waals surface area contributed by atoms with Gasteiger partial charge in [0.15, 0.2) is 5.76 Å². The number of rotatable bonds is 4. The van der Waals surface area contributed by atoms with Crippen molar-refractivity contribution in [2.45, 2.75) is 27.2 Å². The number of fused-ring (bicyclic) bond motifs is 1. The first kappa shape index (κ1) is 15.3. The first-order valence-corrected chi connectivity index (χ1v) is 7.93. The summed E-state index contributed by atoms with van der Waals surface area (Å²) >= 11 is 0. The molecule has 3 heteroatoms. The number of benzene rings is 2. The molecule has 0 saturated carbocycles. The number of ketones is 1. The third-order valence-corrected chi connectivity index (χ3v) is 3.94. The summed E-state index contributed by atoms with van der Waals surface area (Å²) in [5.41, 5.74) is 3.73. The molecule has 2 aromatic rings. The second kappa shape index (κ2) is 6.29. The van der Waals surface area contributed by atoms with Crippen LogP contribution in [0.4, 0.5) is 0 Å². The van der Waals surface area contributed by atoms with Gasteiger partial charge < -0.3 is 9.47 Å². The Morgan fingerprint density at radius 2 is 1.87 bits per heavy atom. The van der Waals surface area contributed by atoms with Gasteiger partial charge in [-0.1, -0.05) is 31.2 Å². The summed E-state index contributed by atoms with van der Waals surface area (Å²) in [5.74, 6) is 1.60. The third kappa shape index (κ3) is 3.00. The molecular weight excluding hydrogens is 288 g/mol. The summed E-state index contributed by atoms with van der Waals surface area (Å²) in [6.45, 7) is 6.53. The number of hydrogen-bond donors (Lipinski definition) is 0. The van der Waals surface area contributed by atoms with Crippen molar-refractivity contribution < 1.29 is 14.3 Å². The predicted octanol–water partition coefficient (Wildman–Crippen LogP) is 4.57. The van der Waals surface area contributed by atoms with Crippen LogP contribution in [0, 0.1) is 6.92 Å². The summed E-state index contributed by atoms with van der Waals surface area (Å²) in [4.78, 5) is 12.6. The highest BCUT2D eigenvalue weighted by atomic mass is 16.5. The molecule has 0 fully saturated rings. The van der Waals surface area contributed by atoms with Crippen LogP contribution in [-0.4, -0.2) is 12.4 Å². The lowest BCUT2D eigenvalue weighted by atomic mass is 10.0. The number of carbonyl (C=O) groups is 1. The molecule has 0 atom stereocenters. The SMILES string of the molecule is CCOc1cc(C)c2c(c1)O/C(=C\c1ccc(CC)cc1)C2=O. The van der Waals surface area contributed by atoms with Crippen molar-refractivity contribution in [2.24, 2.45) is 0 Å². The highest BCUT2D eigenvalue weighted by molar-refractivity contribution is 6.15. The van der Waals surface area contributed by atoms with Crippen molar-refractivity contribution in [3.63, 3.8) is 0 Å². The minimum atomic E-state index is -0.0693. The average Bonchev–Trinajstić information content (AvgIpc) is 2.85. The van der Waals surface area contributed by atoms with Crippen LogP contribution in [-0.2, 0) is 6.42 Å². The largest absolute Gasteiger partial charge is 0.494 e. The zero-order chi connectivity index (χ0) is 16.4. The van der Waals surface area contributed by atoms with E-state index >= 15 is 0 Å². The first-order valence-electron chi connectivity index (χ1n) is 7.93. The molecule has 118 valence electrons. The Kier molecular flexibility index (Phi) is 4.20. The van der Waals surface area contributed by atoms with Gasteiger partial charge >= 0.3 is 0 Å². The molecule has 3 rings (SSSR count). The highest BCUT2D eigenvalue weighted by Gasteiger charge is 2.29. The van der Waals surface area contributed by atoms with E-state index in [0.717, 1.165) is 23.3 Å². The van der Waals surface area contributed by atoms with Gasteiger partial charge in [-0.15, -0.1) is 0 Å². The molecule has 1 aliphatic heterocycles. The average molecular weight is 308 g/mol. The molecule has 0 spiro atoms. The van der Waals surface area contributed by atoms with Crippen LogP contribution in [0.1, 0.15) is 40.9 Å². The maximum absolute atomic E-state index is 12.6. The topological polar surface area (TPSA) is 35.5 Å². The van der Waals surface area contributed by atoms with Crippen molar-refractivity contribution in [3.8, 4) is 11.5 Å². The van der Waals surface area contributed by atoms with Crippen molar-refractivity contribution in [3.05, 3.63) is 64.4 Å². The smallest absolute Gasteiger partial charge is 0.232 e. The van der Waals surface area contributed by atoms with Crippen LogP contribution < -0.4 is 9.47 Å². The van der Waals surface area contributed by atoms with E-state index in [2.05, 4.69) is 19.1 Å². The molecule has 1 heterocycles. The van der Waals surface area contributed by atoms with Crippen LogP contribution in [0.15, 0.2) is 42.2 Å². The van der Waals surface area contributed by atoms with Crippen molar-refractivity contribution in [1.82, 2.24) is 0 Å². The Labute approximate surface area is 136 Å². The normalized spacial score (nSPS) is 14.7. The van der Waals surface area contributed by atoms with Gasteiger partial charge in [0.2, 0.25) is 5.78 Å². The van der Waals surface area contributed by atoms with Gasteiger partial charge in [0.25, 0.3) is 0 Å². The fourth-order valence-corrected chi connectivity index (χ4v) is 2.73. The molecule has 0 amide bonds. The van der Waals surface area contributed by atoms with Crippen molar-refractivity contribution in [2.75, 3.05) is 6.61 Å². The Hall–Kier alpha value is -2.55.